The topological polar surface area (TPSA) is 52.7 Å². The molecule has 0 aliphatic carbocycles. The van der Waals surface area contributed by atoms with Gasteiger partial charge in [0.2, 0.25) is 10.0 Å². The molecule has 2 heterocycles. The number of hydrogen-bond acceptors (Lipinski definition) is 5. The second-order valence-electron chi connectivity index (χ2n) is 6.52. The molecule has 1 unspecified atom stereocenters. The monoisotopic (exact) mass is 451 g/mol. The van der Waals surface area contributed by atoms with Crippen molar-refractivity contribution in [2.45, 2.75) is 17.9 Å². The summed E-state index contributed by atoms with van der Waals surface area (Å²) in [5, 5.41) is 0. The predicted molar refractivity (Wildman–Crippen MR) is 109 cm³/mol. The lowest BCUT2D eigenvalue weighted by molar-refractivity contribution is 0.312. The standard InChI is InChI=1S/C17H20Cl2FN3O2S2/c1-11(21-27(24,25)15-10-16(18)26-17(15)19)13-9-12(20)3-4-14(13)23-7-5-22(2)6-8-23/h3-4,9-11,21H,5-8H2,1-2H3. The largest absolute Gasteiger partial charge is 0.369 e. The third kappa shape index (κ3) is 4.75. The number of anilines is 1. The minimum absolute atomic E-state index is 0.0661. The summed E-state index contributed by atoms with van der Waals surface area (Å²) in [6.45, 7) is 5.05. The van der Waals surface area contributed by atoms with Crippen LogP contribution in [0.2, 0.25) is 8.67 Å². The number of sulfonamides is 1. The number of halogens is 3. The normalized spacial score (nSPS) is 17.3. The Morgan fingerprint density at radius 2 is 1.85 bits per heavy atom. The van der Waals surface area contributed by atoms with E-state index in [1.165, 1.54) is 18.2 Å². The third-order valence-electron chi connectivity index (χ3n) is 4.55. The van der Waals surface area contributed by atoms with Gasteiger partial charge in [0.1, 0.15) is 15.0 Å². The fraction of sp³-hybridized carbons (Fsp3) is 0.412. The highest BCUT2D eigenvalue weighted by Gasteiger charge is 2.26. The lowest BCUT2D eigenvalue weighted by Gasteiger charge is -2.36. The number of nitrogens with zero attached hydrogens (tertiary/aromatic N) is 2. The van der Waals surface area contributed by atoms with Gasteiger partial charge in [-0.05, 0) is 43.8 Å². The Kier molecular flexibility index (Phi) is 6.34. The van der Waals surface area contributed by atoms with Crippen LogP contribution in [-0.4, -0.2) is 46.5 Å². The highest BCUT2D eigenvalue weighted by atomic mass is 35.5. The molecule has 10 heteroatoms. The van der Waals surface area contributed by atoms with Crippen molar-refractivity contribution in [1.82, 2.24) is 9.62 Å². The van der Waals surface area contributed by atoms with Crippen LogP contribution in [0.25, 0.3) is 0 Å². The van der Waals surface area contributed by atoms with Gasteiger partial charge in [0.25, 0.3) is 0 Å². The second-order valence-corrected chi connectivity index (χ2v) is 10.5. The average Bonchev–Trinajstić information content (AvgIpc) is 2.94. The molecule has 0 saturated carbocycles. The summed E-state index contributed by atoms with van der Waals surface area (Å²) in [5.74, 6) is -0.412. The lowest BCUT2D eigenvalue weighted by Crippen LogP contribution is -2.45. The summed E-state index contributed by atoms with van der Waals surface area (Å²) >= 11 is 12.8. The average molecular weight is 452 g/mol. The summed E-state index contributed by atoms with van der Waals surface area (Å²) in [6, 6.07) is 5.15. The van der Waals surface area contributed by atoms with Crippen molar-refractivity contribution < 1.29 is 12.8 Å². The maximum absolute atomic E-state index is 13.9. The summed E-state index contributed by atoms with van der Waals surface area (Å²) < 4.78 is 42.3. The van der Waals surface area contributed by atoms with Crippen molar-refractivity contribution in [2.75, 3.05) is 38.1 Å². The Hall–Kier alpha value is -0.900. The molecule has 1 atom stereocenters. The maximum Gasteiger partial charge on any atom is 0.243 e. The molecule has 1 saturated heterocycles. The Morgan fingerprint density at radius 3 is 2.44 bits per heavy atom. The Labute approximate surface area is 172 Å². The first-order valence-corrected chi connectivity index (χ1v) is 11.4. The Bertz CT molecular complexity index is 928. The predicted octanol–water partition coefficient (Wildman–Crippen LogP) is 3.99. The van der Waals surface area contributed by atoms with E-state index in [9.17, 15) is 12.8 Å². The molecular weight excluding hydrogens is 432 g/mol. The molecule has 1 aliphatic heterocycles. The number of hydrogen-bond donors (Lipinski definition) is 1. The van der Waals surface area contributed by atoms with Crippen LogP contribution in [-0.2, 0) is 10.0 Å². The van der Waals surface area contributed by atoms with Gasteiger partial charge in [-0.15, -0.1) is 11.3 Å². The van der Waals surface area contributed by atoms with Crippen molar-refractivity contribution in [3.05, 3.63) is 44.3 Å². The van der Waals surface area contributed by atoms with E-state index in [0.29, 0.717) is 5.56 Å². The molecule has 3 rings (SSSR count). The number of benzene rings is 1. The summed E-state index contributed by atoms with van der Waals surface area (Å²) in [6.07, 6.45) is 0. The van der Waals surface area contributed by atoms with Crippen LogP contribution in [0.4, 0.5) is 10.1 Å². The van der Waals surface area contributed by atoms with Crippen molar-refractivity contribution in [3.63, 3.8) is 0 Å². The number of likely N-dealkylation sites (N-methyl/N-ethyl adjacent to an activating group) is 1. The van der Waals surface area contributed by atoms with Gasteiger partial charge in [-0.2, -0.15) is 0 Å². The molecule has 5 nitrogen and oxygen atoms in total. The van der Waals surface area contributed by atoms with Gasteiger partial charge in [0.05, 0.1) is 4.34 Å². The smallest absolute Gasteiger partial charge is 0.243 e. The maximum atomic E-state index is 13.9. The SMILES string of the molecule is CC(NS(=O)(=O)c1cc(Cl)sc1Cl)c1cc(F)ccc1N1CCN(C)CC1. The van der Waals surface area contributed by atoms with Gasteiger partial charge in [-0.25, -0.2) is 17.5 Å². The van der Waals surface area contributed by atoms with Crippen molar-refractivity contribution in [1.29, 1.82) is 0 Å². The first-order valence-electron chi connectivity index (χ1n) is 8.37. The van der Waals surface area contributed by atoms with Crippen LogP contribution in [0.15, 0.2) is 29.2 Å². The summed E-state index contributed by atoms with van der Waals surface area (Å²) in [5.41, 5.74) is 1.41. The van der Waals surface area contributed by atoms with E-state index in [4.69, 9.17) is 23.2 Å². The van der Waals surface area contributed by atoms with Gasteiger partial charge in [0.15, 0.2) is 0 Å². The van der Waals surface area contributed by atoms with Crippen molar-refractivity contribution >= 4 is 50.2 Å². The van der Waals surface area contributed by atoms with E-state index in [1.54, 1.807) is 13.0 Å². The number of nitrogens with one attached hydrogen (secondary N) is 1. The highest BCUT2D eigenvalue weighted by Crippen LogP contribution is 2.35. The van der Waals surface area contributed by atoms with Crippen LogP contribution in [0.5, 0.6) is 0 Å². The quantitative estimate of drug-likeness (QED) is 0.746. The fourth-order valence-electron chi connectivity index (χ4n) is 3.08. The molecule has 1 aliphatic rings. The minimum atomic E-state index is -3.89. The second kappa shape index (κ2) is 8.23. The van der Waals surface area contributed by atoms with Gasteiger partial charge in [0, 0.05) is 37.9 Å². The van der Waals surface area contributed by atoms with Crippen LogP contribution >= 0.6 is 34.5 Å². The highest BCUT2D eigenvalue weighted by molar-refractivity contribution is 7.89. The van der Waals surface area contributed by atoms with Gasteiger partial charge < -0.3 is 9.80 Å². The van der Waals surface area contributed by atoms with Gasteiger partial charge >= 0.3 is 0 Å². The van der Waals surface area contributed by atoms with E-state index in [-0.39, 0.29) is 13.6 Å². The lowest BCUT2D eigenvalue weighted by atomic mass is 10.0. The molecule has 0 bridgehead atoms. The zero-order valence-electron chi connectivity index (χ0n) is 14.9. The van der Waals surface area contributed by atoms with E-state index in [1.807, 2.05) is 0 Å². The molecular formula is C17H20Cl2FN3O2S2. The molecule has 0 amide bonds. The molecule has 2 aromatic rings. The molecule has 1 aromatic heterocycles. The molecule has 1 aromatic carbocycles. The molecule has 1 fully saturated rings. The van der Waals surface area contributed by atoms with Crippen molar-refractivity contribution in [3.8, 4) is 0 Å². The summed E-state index contributed by atoms with van der Waals surface area (Å²) in [4.78, 5) is 4.30. The fourth-order valence-corrected chi connectivity index (χ4v) is 6.45. The van der Waals surface area contributed by atoms with E-state index in [2.05, 4.69) is 21.6 Å². The van der Waals surface area contributed by atoms with Crippen molar-refractivity contribution in [2.24, 2.45) is 0 Å². The number of thiophene rings is 1. The summed E-state index contributed by atoms with van der Waals surface area (Å²) in [7, 11) is -1.84. The van der Waals surface area contributed by atoms with E-state index >= 15 is 0 Å². The molecule has 0 radical (unpaired) electrons. The van der Waals surface area contributed by atoms with E-state index in [0.717, 1.165) is 43.2 Å². The molecule has 27 heavy (non-hydrogen) atoms. The number of rotatable bonds is 5. The Morgan fingerprint density at radius 1 is 1.19 bits per heavy atom. The van der Waals surface area contributed by atoms with E-state index < -0.39 is 21.9 Å². The van der Waals surface area contributed by atoms with Crippen LogP contribution in [0.1, 0.15) is 18.5 Å². The first kappa shape index (κ1) is 20.8. The number of piperazine rings is 1. The van der Waals surface area contributed by atoms with Crippen LogP contribution in [0.3, 0.4) is 0 Å². The third-order valence-corrected chi connectivity index (χ3v) is 7.84. The van der Waals surface area contributed by atoms with Crippen LogP contribution < -0.4 is 9.62 Å². The van der Waals surface area contributed by atoms with Gasteiger partial charge in [-0.3, -0.25) is 0 Å². The van der Waals surface area contributed by atoms with Gasteiger partial charge in [-0.1, -0.05) is 23.2 Å². The molecule has 0 spiro atoms. The minimum Gasteiger partial charge on any atom is -0.369 e. The first-order chi connectivity index (χ1) is 12.7. The molecule has 1 N–H and O–H groups in total. The van der Waals surface area contributed by atoms with Crippen LogP contribution in [0, 0.1) is 5.82 Å². The molecule has 148 valence electrons. The zero-order chi connectivity index (χ0) is 19.8. The Balaban J connectivity index is 1.89. The zero-order valence-corrected chi connectivity index (χ0v) is 18.0.